The average Bonchev–Trinajstić information content (AvgIpc) is 2.99. The molecule has 6 nitrogen and oxygen atoms in total. The van der Waals surface area contributed by atoms with Gasteiger partial charge in [0.15, 0.2) is 0 Å². The number of morpholine rings is 1. The van der Waals surface area contributed by atoms with Crippen LogP contribution in [0.3, 0.4) is 0 Å². The van der Waals surface area contributed by atoms with Crippen LogP contribution in [-0.2, 0) is 4.74 Å². The summed E-state index contributed by atoms with van der Waals surface area (Å²) < 4.78 is 5.51. The normalized spacial score (nSPS) is 25.7. The molecule has 0 radical (unpaired) electrons. The van der Waals surface area contributed by atoms with Crippen molar-refractivity contribution in [3.63, 3.8) is 0 Å². The summed E-state index contributed by atoms with van der Waals surface area (Å²) in [6.07, 6.45) is 3.74. The highest BCUT2D eigenvalue weighted by Gasteiger charge is 2.32. The minimum Gasteiger partial charge on any atom is -0.360 e. The zero-order chi connectivity index (χ0) is 15.6. The number of nitrogens with zero attached hydrogens (tertiary/aromatic N) is 4. The van der Waals surface area contributed by atoms with Crippen molar-refractivity contribution in [1.29, 1.82) is 0 Å². The van der Waals surface area contributed by atoms with Gasteiger partial charge in [-0.1, -0.05) is 11.6 Å². The number of alkyl halides is 1. The third kappa shape index (κ3) is 3.35. The van der Waals surface area contributed by atoms with Crippen LogP contribution in [0.2, 0.25) is 0 Å². The van der Waals surface area contributed by atoms with E-state index in [1.807, 2.05) is 6.20 Å². The van der Waals surface area contributed by atoms with E-state index in [-0.39, 0.29) is 11.7 Å². The topological polar surface area (TPSA) is 53.5 Å². The first-order valence-corrected chi connectivity index (χ1v) is 9.20. The van der Waals surface area contributed by atoms with Gasteiger partial charge in [0, 0.05) is 55.7 Å². The van der Waals surface area contributed by atoms with E-state index in [9.17, 15) is 0 Å². The Balaban J connectivity index is 1.68. The monoisotopic (exact) mass is 353 g/mol. The van der Waals surface area contributed by atoms with Gasteiger partial charge in [-0.2, -0.15) is 0 Å². The van der Waals surface area contributed by atoms with Crippen molar-refractivity contribution in [2.24, 2.45) is 0 Å². The van der Waals surface area contributed by atoms with Crippen molar-refractivity contribution in [3.8, 4) is 0 Å². The Morgan fingerprint density at radius 3 is 2.96 bits per heavy atom. The fourth-order valence-corrected chi connectivity index (χ4v) is 4.71. The fraction of sp³-hybridized carbons (Fsp3) is 0.600. The van der Waals surface area contributed by atoms with Crippen LogP contribution in [0.25, 0.3) is 10.2 Å². The number of aromatic nitrogens is 2. The van der Waals surface area contributed by atoms with Gasteiger partial charge in [-0.05, 0) is 6.07 Å². The standard InChI is InChI=1S/C15H20ClN5OS/c16-13-9-21(5-6-22-13)15(20-3-1-17-2-4-20)12-7-11-8-18-10-19-14(11)23-12/h7-8,10,13,15,17H,1-6,9H2. The molecule has 0 saturated carbocycles. The number of piperazine rings is 1. The van der Waals surface area contributed by atoms with Gasteiger partial charge >= 0.3 is 0 Å². The summed E-state index contributed by atoms with van der Waals surface area (Å²) in [5, 5.41) is 4.54. The van der Waals surface area contributed by atoms with Crippen LogP contribution in [0.4, 0.5) is 0 Å². The molecule has 2 aliphatic heterocycles. The van der Waals surface area contributed by atoms with E-state index in [0.717, 1.165) is 49.5 Å². The van der Waals surface area contributed by atoms with Crippen molar-refractivity contribution < 1.29 is 4.74 Å². The van der Waals surface area contributed by atoms with E-state index in [1.54, 1.807) is 17.7 Å². The molecule has 4 rings (SSSR count). The molecular formula is C15H20ClN5OS. The Hall–Kier alpha value is -0.830. The number of halogens is 1. The van der Waals surface area contributed by atoms with Crippen molar-refractivity contribution >= 4 is 33.2 Å². The number of rotatable bonds is 3. The summed E-state index contributed by atoms with van der Waals surface area (Å²) in [6.45, 7) is 6.45. The number of fused-ring (bicyclic) bond motifs is 1. The van der Waals surface area contributed by atoms with Gasteiger partial charge in [-0.15, -0.1) is 11.3 Å². The first-order valence-electron chi connectivity index (χ1n) is 7.95. The van der Waals surface area contributed by atoms with Crippen LogP contribution in [-0.4, -0.2) is 71.2 Å². The van der Waals surface area contributed by atoms with Crippen LogP contribution < -0.4 is 5.32 Å². The summed E-state index contributed by atoms with van der Waals surface area (Å²) >= 11 is 8.00. The van der Waals surface area contributed by atoms with Gasteiger partial charge in [0.25, 0.3) is 0 Å². The third-order valence-electron chi connectivity index (χ3n) is 4.37. The quantitative estimate of drug-likeness (QED) is 0.844. The molecule has 124 valence electrons. The second kappa shape index (κ2) is 6.96. The lowest BCUT2D eigenvalue weighted by atomic mass is 10.2. The SMILES string of the molecule is ClC1CN(C(c2cc3cncnc3s2)N2CCNCC2)CCO1. The van der Waals surface area contributed by atoms with Crippen molar-refractivity contribution in [3.05, 3.63) is 23.5 Å². The maximum atomic E-state index is 6.25. The lowest BCUT2D eigenvalue weighted by Crippen LogP contribution is -2.53. The van der Waals surface area contributed by atoms with E-state index < -0.39 is 0 Å². The van der Waals surface area contributed by atoms with E-state index in [4.69, 9.17) is 16.3 Å². The average molecular weight is 354 g/mol. The molecule has 2 saturated heterocycles. The smallest absolute Gasteiger partial charge is 0.143 e. The summed E-state index contributed by atoms with van der Waals surface area (Å²) in [4.78, 5) is 15.9. The number of ether oxygens (including phenoxy) is 1. The third-order valence-corrected chi connectivity index (χ3v) is 5.73. The molecule has 2 fully saturated rings. The Labute approximate surface area is 144 Å². The van der Waals surface area contributed by atoms with Crippen molar-refractivity contribution in [1.82, 2.24) is 25.1 Å². The van der Waals surface area contributed by atoms with Gasteiger partial charge < -0.3 is 10.1 Å². The zero-order valence-electron chi connectivity index (χ0n) is 12.8. The molecule has 0 aliphatic carbocycles. The minimum absolute atomic E-state index is 0.233. The predicted molar refractivity (Wildman–Crippen MR) is 91.8 cm³/mol. The number of hydrogen-bond acceptors (Lipinski definition) is 7. The number of nitrogens with one attached hydrogen (secondary N) is 1. The predicted octanol–water partition coefficient (Wildman–Crippen LogP) is 1.49. The molecule has 0 bridgehead atoms. The van der Waals surface area contributed by atoms with Gasteiger partial charge in [0.05, 0.1) is 12.8 Å². The van der Waals surface area contributed by atoms with E-state index in [0.29, 0.717) is 6.61 Å². The first-order chi connectivity index (χ1) is 11.3. The maximum absolute atomic E-state index is 6.25. The summed E-state index contributed by atoms with van der Waals surface area (Å²) in [5.74, 6) is 0. The van der Waals surface area contributed by atoms with Gasteiger partial charge in [0.2, 0.25) is 0 Å². The Bertz CT molecular complexity index is 629. The van der Waals surface area contributed by atoms with E-state index in [2.05, 4.69) is 31.2 Å². The summed E-state index contributed by atoms with van der Waals surface area (Å²) in [7, 11) is 0. The molecule has 2 unspecified atom stereocenters. The Morgan fingerprint density at radius 2 is 2.17 bits per heavy atom. The highest BCUT2D eigenvalue weighted by Crippen LogP contribution is 2.35. The van der Waals surface area contributed by atoms with Gasteiger partial charge in [-0.3, -0.25) is 9.80 Å². The largest absolute Gasteiger partial charge is 0.360 e. The van der Waals surface area contributed by atoms with Crippen LogP contribution in [0, 0.1) is 0 Å². The van der Waals surface area contributed by atoms with Crippen molar-refractivity contribution in [2.75, 3.05) is 45.9 Å². The molecule has 1 N–H and O–H groups in total. The number of hydrogen-bond donors (Lipinski definition) is 1. The second-order valence-electron chi connectivity index (χ2n) is 5.87. The van der Waals surface area contributed by atoms with E-state index >= 15 is 0 Å². The highest BCUT2D eigenvalue weighted by atomic mass is 35.5. The lowest BCUT2D eigenvalue weighted by molar-refractivity contribution is -0.0506. The molecule has 8 heteroatoms. The molecule has 0 amide bonds. The number of thiophene rings is 1. The van der Waals surface area contributed by atoms with Crippen LogP contribution >= 0.6 is 22.9 Å². The summed E-state index contributed by atoms with van der Waals surface area (Å²) in [6, 6.07) is 2.23. The van der Waals surface area contributed by atoms with Gasteiger partial charge in [-0.25, -0.2) is 9.97 Å². The molecular weight excluding hydrogens is 334 g/mol. The van der Waals surface area contributed by atoms with Crippen LogP contribution in [0.15, 0.2) is 18.6 Å². The van der Waals surface area contributed by atoms with Crippen molar-refractivity contribution in [2.45, 2.75) is 11.7 Å². The van der Waals surface area contributed by atoms with E-state index in [1.165, 1.54) is 4.88 Å². The summed E-state index contributed by atoms with van der Waals surface area (Å²) in [5.41, 5.74) is -0.233. The highest BCUT2D eigenvalue weighted by molar-refractivity contribution is 7.18. The van der Waals surface area contributed by atoms with Crippen LogP contribution in [0.1, 0.15) is 11.0 Å². The Kier molecular flexibility index (Phi) is 4.75. The lowest BCUT2D eigenvalue weighted by Gasteiger charge is -2.43. The molecule has 2 aliphatic rings. The molecule has 0 spiro atoms. The molecule has 2 aromatic rings. The maximum Gasteiger partial charge on any atom is 0.143 e. The van der Waals surface area contributed by atoms with Gasteiger partial charge in [0.1, 0.15) is 16.7 Å². The fourth-order valence-electron chi connectivity index (χ4n) is 3.30. The molecule has 4 heterocycles. The molecule has 2 atom stereocenters. The molecule has 2 aromatic heterocycles. The second-order valence-corrected chi connectivity index (χ2v) is 7.42. The molecule has 23 heavy (non-hydrogen) atoms. The zero-order valence-corrected chi connectivity index (χ0v) is 14.4. The minimum atomic E-state index is -0.233. The van der Waals surface area contributed by atoms with Crippen LogP contribution in [0.5, 0.6) is 0 Å². The Morgan fingerprint density at radius 1 is 1.30 bits per heavy atom. The molecule has 0 aromatic carbocycles. The first kappa shape index (κ1) is 15.7.